The van der Waals surface area contributed by atoms with Gasteiger partial charge in [-0.05, 0) is 26.2 Å². The van der Waals surface area contributed by atoms with Gasteiger partial charge in [-0.2, -0.15) is 0 Å². The predicted molar refractivity (Wildman–Crippen MR) is 69.2 cm³/mol. The largest absolute Gasteiger partial charge is 0.385 e. The molecule has 0 spiro atoms. The lowest BCUT2D eigenvalue weighted by molar-refractivity contribution is 0.138. The summed E-state index contributed by atoms with van der Waals surface area (Å²) in [5, 5.41) is 0. The topological polar surface area (TPSA) is 32.8 Å². The van der Waals surface area contributed by atoms with Crippen LogP contribution in [-0.4, -0.2) is 55.7 Å². The third kappa shape index (κ3) is 4.54. The Labute approximate surface area is 105 Å². The molecule has 1 aliphatic rings. The van der Waals surface area contributed by atoms with Gasteiger partial charge in [0.15, 0.2) is 0 Å². The van der Waals surface area contributed by atoms with Crippen molar-refractivity contribution in [2.75, 3.05) is 33.9 Å². The van der Waals surface area contributed by atoms with Crippen molar-refractivity contribution in [1.29, 1.82) is 0 Å². The van der Waals surface area contributed by atoms with Crippen LogP contribution in [0.1, 0.15) is 39.0 Å². The fraction of sp³-hybridized carbons (Fsp3) is 0.923. The summed E-state index contributed by atoms with van der Waals surface area (Å²) in [6.07, 6.45) is 5.68. The van der Waals surface area contributed by atoms with Crippen LogP contribution >= 0.6 is 0 Å². The van der Waals surface area contributed by atoms with E-state index in [-0.39, 0.29) is 6.03 Å². The number of hydrogen-bond donors (Lipinski definition) is 0. The minimum atomic E-state index is 0.176. The van der Waals surface area contributed by atoms with Crippen molar-refractivity contribution in [1.82, 2.24) is 9.80 Å². The Morgan fingerprint density at radius 2 is 2.18 bits per heavy atom. The summed E-state index contributed by atoms with van der Waals surface area (Å²) in [7, 11) is 3.58. The quantitative estimate of drug-likeness (QED) is 0.709. The van der Waals surface area contributed by atoms with Crippen molar-refractivity contribution >= 4 is 6.03 Å². The molecule has 1 atom stereocenters. The van der Waals surface area contributed by atoms with Crippen molar-refractivity contribution < 1.29 is 9.53 Å². The van der Waals surface area contributed by atoms with Crippen LogP contribution in [0.2, 0.25) is 0 Å². The number of hydrogen-bond acceptors (Lipinski definition) is 2. The van der Waals surface area contributed by atoms with Gasteiger partial charge in [0, 0.05) is 39.9 Å². The van der Waals surface area contributed by atoms with Crippen LogP contribution in [-0.2, 0) is 4.74 Å². The van der Waals surface area contributed by atoms with Gasteiger partial charge in [0.25, 0.3) is 0 Å². The van der Waals surface area contributed by atoms with Crippen LogP contribution in [0.4, 0.5) is 4.79 Å². The summed E-state index contributed by atoms with van der Waals surface area (Å²) in [4.78, 5) is 16.1. The van der Waals surface area contributed by atoms with Crippen molar-refractivity contribution in [3.8, 4) is 0 Å². The van der Waals surface area contributed by atoms with Crippen molar-refractivity contribution in [2.24, 2.45) is 0 Å². The number of nitrogens with zero attached hydrogens (tertiary/aromatic N) is 2. The van der Waals surface area contributed by atoms with Gasteiger partial charge < -0.3 is 14.5 Å². The average Bonchev–Trinajstić information content (AvgIpc) is 2.53. The van der Waals surface area contributed by atoms with Crippen LogP contribution in [0.15, 0.2) is 0 Å². The van der Waals surface area contributed by atoms with Gasteiger partial charge in [0.05, 0.1) is 0 Å². The van der Waals surface area contributed by atoms with E-state index in [1.807, 2.05) is 16.8 Å². The zero-order chi connectivity index (χ0) is 12.7. The summed E-state index contributed by atoms with van der Waals surface area (Å²) < 4.78 is 5.01. The van der Waals surface area contributed by atoms with Crippen LogP contribution in [0.25, 0.3) is 0 Å². The Kier molecular flexibility index (Phi) is 6.34. The van der Waals surface area contributed by atoms with Gasteiger partial charge in [0.1, 0.15) is 0 Å². The summed E-state index contributed by atoms with van der Waals surface area (Å²) in [5.41, 5.74) is 0. The molecule has 100 valence electrons. The molecule has 0 unspecified atom stereocenters. The van der Waals surface area contributed by atoms with Gasteiger partial charge in [-0.1, -0.05) is 12.8 Å². The Balaban J connectivity index is 2.42. The van der Waals surface area contributed by atoms with Crippen LogP contribution in [0.5, 0.6) is 0 Å². The van der Waals surface area contributed by atoms with Gasteiger partial charge in [-0.3, -0.25) is 0 Å². The van der Waals surface area contributed by atoms with Gasteiger partial charge in [0.2, 0.25) is 0 Å². The highest BCUT2D eigenvalue weighted by atomic mass is 16.5. The number of rotatable bonds is 4. The molecule has 17 heavy (non-hydrogen) atoms. The van der Waals surface area contributed by atoms with E-state index in [0.717, 1.165) is 32.4 Å². The Bertz CT molecular complexity index is 233. The zero-order valence-electron chi connectivity index (χ0n) is 11.4. The number of ether oxygens (including phenoxy) is 1. The molecular weight excluding hydrogens is 216 g/mol. The van der Waals surface area contributed by atoms with Crippen LogP contribution in [0.3, 0.4) is 0 Å². The first kappa shape index (κ1) is 14.3. The molecule has 0 aromatic rings. The molecule has 1 heterocycles. The van der Waals surface area contributed by atoms with E-state index in [9.17, 15) is 4.79 Å². The molecule has 0 radical (unpaired) electrons. The van der Waals surface area contributed by atoms with E-state index in [0.29, 0.717) is 12.6 Å². The van der Waals surface area contributed by atoms with Gasteiger partial charge in [-0.25, -0.2) is 4.79 Å². The third-order valence-electron chi connectivity index (χ3n) is 3.47. The number of amides is 2. The van der Waals surface area contributed by atoms with E-state index >= 15 is 0 Å². The molecule has 0 aliphatic carbocycles. The first-order valence-corrected chi connectivity index (χ1v) is 6.67. The lowest BCUT2D eigenvalue weighted by Crippen LogP contribution is -2.46. The highest BCUT2D eigenvalue weighted by Crippen LogP contribution is 2.17. The Hall–Kier alpha value is -0.770. The highest BCUT2D eigenvalue weighted by Gasteiger charge is 2.24. The van der Waals surface area contributed by atoms with Crippen LogP contribution in [0, 0.1) is 0 Å². The summed E-state index contributed by atoms with van der Waals surface area (Å²) >= 11 is 0. The maximum atomic E-state index is 12.3. The maximum absolute atomic E-state index is 12.3. The van der Waals surface area contributed by atoms with Gasteiger partial charge >= 0.3 is 6.03 Å². The molecule has 1 rings (SSSR count). The highest BCUT2D eigenvalue weighted by molar-refractivity contribution is 5.74. The first-order chi connectivity index (χ1) is 8.16. The molecule has 1 saturated heterocycles. The molecular formula is C13H26N2O2. The number of carbonyl (C=O) groups is 1. The second-order valence-electron chi connectivity index (χ2n) is 4.94. The van der Waals surface area contributed by atoms with Crippen LogP contribution < -0.4 is 0 Å². The number of urea groups is 1. The van der Waals surface area contributed by atoms with Crippen molar-refractivity contribution in [2.45, 2.75) is 45.1 Å². The van der Waals surface area contributed by atoms with E-state index < -0.39 is 0 Å². The zero-order valence-corrected chi connectivity index (χ0v) is 11.4. The summed E-state index contributed by atoms with van der Waals surface area (Å²) in [6, 6.07) is 0.561. The molecule has 0 bridgehead atoms. The molecule has 0 aromatic carbocycles. The molecule has 1 aliphatic heterocycles. The molecule has 0 saturated carbocycles. The number of methoxy groups -OCH3 is 1. The van der Waals surface area contributed by atoms with Gasteiger partial charge in [-0.15, -0.1) is 0 Å². The van der Waals surface area contributed by atoms with E-state index in [2.05, 4.69) is 6.92 Å². The molecule has 0 aromatic heterocycles. The molecule has 1 fully saturated rings. The van der Waals surface area contributed by atoms with E-state index in [4.69, 9.17) is 4.74 Å². The lowest BCUT2D eigenvalue weighted by atomic mass is 10.1. The monoisotopic (exact) mass is 242 g/mol. The first-order valence-electron chi connectivity index (χ1n) is 6.67. The minimum Gasteiger partial charge on any atom is -0.385 e. The predicted octanol–water partition coefficient (Wildman–Crippen LogP) is 2.34. The van der Waals surface area contributed by atoms with E-state index in [1.54, 1.807) is 7.11 Å². The minimum absolute atomic E-state index is 0.176. The number of carbonyl (C=O) groups excluding carboxylic acids is 1. The molecule has 4 heteroatoms. The summed E-state index contributed by atoms with van der Waals surface area (Å²) in [5.74, 6) is 0. The van der Waals surface area contributed by atoms with Crippen molar-refractivity contribution in [3.63, 3.8) is 0 Å². The number of likely N-dealkylation sites (tertiary alicyclic amines) is 1. The smallest absolute Gasteiger partial charge is 0.319 e. The third-order valence-corrected chi connectivity index (χ3v) is 3.47. The van der Waals surface area contributed by atoms with E-state index in [1.165, 1.54) is 12.8 Å². The second kappa shape index (κ2) is 7.54. The maximum Gasteiger partial charge on any atom is 0.319 e. The average molecular weight is 242 g/mol. The summed E-state index contributed by atoms with van der Waals surface area (Å²) in [6.45, 7) is 4.56. The standard InChI is InChI=1S/C13H26N2O2/c1-12-8-5-4-6-10-15(12)13(16)14(2)9-7-11-17-3/h12H,4-11H2,1-3H3/t12-/m1/s1. The Morgan fingerprint density at radius 1 is 1.41 bits per heavy atom. The fourth-order valence-electron chi connectivity index (χ4n) is 2.32. The lowest BCUT2D eigenvalue weighted by Gasteiger charge is -2.31. The van der Waals surface area contributed by atoms with Crippen molar-refractivity contribution in [3.05, 3.63) is 0 Å². The Morgan fingerprint density at radius 3 is 2.88 bits per heavy atom. The molecule has 0 N–H and O–H groups in total. The molecule has 2 amide bonds. The second-order valence-corrected chi connectivity index (χ2v) is 4.94. The normalized spacial score (nSPS) is 21.1. The fourth-order valence-corrected chi connectivity index (χ4v) is 2.32. The SMILES string of the molecule is COCCCN(C)C(=O)N1CCCCC[C@H]1C. The molecule has 4 nitrogen and oxygen atoms in total.